The van der Waals surface area contributed by atoms with Crippen molar-refractivity contribution >= 4 is 5.69 Å². The molecule has 5 heteroatoms. The van der Waals surface area contributed by atoms with Crippen LogP contribution in [0.15, 0.2) is 77.7 Å². The van der Waals surface area contributed by atoms with E-state index >= 15 is 0 Å². The molecule has 3 aromatic rings. The van der Waals surface area contributed by atoms with Crippen LogP contribution in [0, 0.1) is 0 Å². The fourth-order valence-corrected chi connectivity index (χ4v) is 2.54. The molecule has 0 spiro atoms. The maximum Gasteiger partial charge on any atom is 0.258 e. The van der Waals surface area contributed by atoms with Gasteiger partial charge in [0.05, 0.1) is 6.61 Å². The summed E-state index contributed by atoms with van der Waals surface area (Å²) in [5, 5.41) is 3.25. The highest BCUT2D eigenvalue weighted by Crippen LogP contribution is 2.14. The summed E-state index contributed by atoms with van der Waals surface area (Å²) in [4.78, 5) is 12.4. The van der Waals surface area contributed by atoms with Crippen molar-refractivity contribution in [3.05, 3.63) is 88.8 Å². The van der Waals surface area contributed by atoms with E-state index in [9.17, 15) is 4.79 Å². The van der Waals surface area contributed by atoms with Crippen LogP contribution in [0.4, 0.5) is 5.69 Å². The number of aromatic nitrogens is 1. The second-order valence-electron chi connectivity index (χ2n) is 5.81. The Bertz CT molecular complexity index is 874. The number of nitrogens with zero attached hydrogens (tertiary/aromatic N) is 1. The molecule has 1 heterocycles. The molecule has 2 aromatic carbocycles. The van der Waals surface area contributed by atoms with E-state index in [2.05, 4.69) is 5.32 Å². The van der Waals surface area contributed by atoms with Crippen molar-refractivity contribution in [1.29, 1.82) is 0 Å². The van der Waals surface area contributed by atoms with Crippen LogP contribution in [-0.2, 0) is 11.3 Å². The van der Waals surface area contributed by atoms with Crippen molar-refractivity contribution in [2.45, 2.75) is 6.61 Å². The van der Waals surface area contributed by atoms with Crippen LogP contribution in [0.2, 0.25) is 0 Å². The zero-order valence-electron chi connectivity index (χ0n) is 14.7. The van der Waals surface area contributed by atoms with Crippen molar-refractivity contribution in [2.24, 2.45) is 0 Å². The third kappa shape index (κ3) is 4.74. The average Bonchev–Trinajstić information content (AvgIpc) is 2.68. The minimum Gasteiger partial charge on any atom is -0.489 e. The molecule has 0 bridgehead atoms. The molecule has 0 atom stereocenters. The molecule has 0 unspecified atom stereocenters. The van der Waals surface area contributed by atoms with Gasteiger partial charge in [0.2, 0.25) is 0 Å². The lowest BCUT2D eigenvalue weighted by atomic mass is 10.2. The predicted octanol–water partition coefficient (Wildman–Crippen LogP) is 3.47. The van der Waals surface area contributed by atoms with Crippen LogP contribution in [0.3, 0.4) is 0 Å². The summed E-state index contributed by atoms with van der Waals surface area (Å²) in [7, 11) is 1.67. The van der Waals surface area contributed by atoms with Crippen LogP contribution in [0.5, 0.6) is 5.75 Å². The molecule has 1 aromatic heterocycles. The minimum absolute atomic E-state index is 0.129. The van der Waals surface area contributed by atoms with Crippen molar-refractivity contribution in [2.75, 3.05) is 25.6 Å². The summed E-state index contributed by atoms with van der Waals surface area (Å²) in [5.74, 6) is 0.563. The van der Waals surface area contributed by atoms with Gasteiger partial charge in [-0.15, -0.1) is 0 Å². The monoisotopic (exact) mass is 350 g/mol. The number of benzene rings is 2. The first-order chi connectivity index (χ1) is 12.8. The quantitative estimate of drug-likeness (QED) is 0.632. The number of nitrogens with one attached hydrogen (secondary N) is 1. The summed E-state index contributed by atoms with van der Waals surface area (Å²) in [6.07, 6.45) is 1.73. The molecule has 5 nitrogen and oxygen atoms in total. The number of pyridine rings is 1. The lowest BCUT2D eigenvalue weighted by molar-refractivity contribution is 0.211. The van der Waals surface area contributed by atoms with E-state index < -0.39 is 0 Å². The fourth-order valence-electron chi connectivity index (χ4n) is 2.54. The molecular weight excluding hydrogens is 328 g/mol. The van der Waals surface area contributed by atoms with E-state index in [0.717, 1.165) is 23.5 Å². The second-order valence-corrected chi connectivity index (χ2v) is 5.81. The first-order valence-corrected chi connectivity index (χ1v) is 8.49. The van der Waals surface area contributed by atoms with Crippen LogP contribution in [0.1, 0.15) is 5.56 Å². The summed E-state index contributed by atoms with van der Waals surface area (Å²) >= 11 is 0. The van der Waals surface area contributed by atoms with Gasteiger partial charge in [0.15, 0.2) is 0 Å². The topological polar surface area (TPSA) is 52.5 Å². The molecule has 26 heavy (non-hydrogen) atoms. The molecule has 0 saturated heterocycles. The molecule has 0 aliphatic rings. The number of ether oxygens (including phenoxy) is 2. The molecule has 3 rings (SSSR count). The Morgan fingerprint density at radius 1 is 1.00 bits per heavy atom. The Balaban J connectivity index is 1.66. The van der Waals surface area contributed by atoms with Gasteiger partial charge in [0.25, 0.3) is 5.56 Å². The summed E-state index contributed by atoms with van der Waals surface area (Å²) < 4.78 is 12.3. The Hall–Kier alpha value is -3.05. The van der Waals surface area contributed by atoms with Gasteiger partial charge in [-0.3, -0.25) is 9.36 Å². The summed E-state index contributed by atoms with van der Waals surface area (Å²) in [5.41, 5.74) is 2.73. The zero-order valence-corrected chi connectivity index (χ0v) is 14.7. The lowest BCUT2D eigenvalue weighted by Crippen LogP contribution is -2.16. The summed E-state index contributed by atoms with van der Waals surface area (Å²) in [6, 6.07) is 20.9. The van der Waals surface area contributed by atoms with E-state index in [4.69, 9.17) is 9.47 Å². The van der Waals surface area contributed by atoms with E-state index in [1.807, 2.05) is 54.6 Å². The number of anilines is 1. The number of rotatable bonds is 8. The Labute approximate surface area is 152 Å². The maximum atomic E-state index is 12.4. The first kappa shape index (κ1) is 17.8. The number of methoxy groups -OCH3 is 1. The molecule has 0 fully saturated rings. The van der Waals surface area contributed by atoms with Crippen molar-refractivity contribution in [1.82, 2.24) is 4.57 Å². The Kier molecular flexibility index (Phi) is 6.06. The third-order valence-electron chi connectivity index (χ3n) is 3.92. The average molecular weight is 350 g/mol. The highest BCUT2D eigenvalue weighted by atomic mass is 16.5. The van der Waals surface area contributed by atoms with Crippen LogP contribution >= 0.6 is 0 Å². The van der Waals surface area contributed by atoms with Gasteiger partial charge in [0.1, 0.15) is 12.4 Å². The first-order valence-electron chi connectivity index (χ1n) is 8.49. The van der Waals surface area contributed by atoms with Gasteiger partial charge in [-0.05, 0) is 35.9 Å². The minimum atomic E-state index is -0.129. The van der Waals surface area contributed by atoms with Crippen molar-refractivity contribution in [3.8, 4) is 11.4 Å². The van der Waals surface area contributed by atoms with E-state index in [1.165, 1.54) is 6.07 Å². The molecule has 0 aliphatic carbocycles. The largest absolute Gasteiger partial charge is 0.489 e. The molecular formula is C21H22N2O3. The van der Waals surface area contributed by atoms with Crippen LogP contribution < -0.4 is 15.6 Å². The van der Waals surface area contributed by atoms with Crippen molar-refractivity contribution in [3.63, 3.8) is 0 Å². The van der Waals surface area contributed by atoms with Gasteiger partial charge in [-0.2, -0.15) is 0 Å². The maximum absolute atomic E-state index is 12.4. The molecule has 0 aliphatic heterocycles. The van der Waals surface area contributed by atoms with Crippen molar-refractivity contribution < 1.29 is 9.47 Å². The third-order valence-corrected chi connectivity index (χ3v) is 3.92. The van der Waals surface area contributed by atoms with Gasteiger partial charge >= 0.3 is 0 Å². The fraction of sp³-hybridized carbons (Fsp3) is 0.190. The van der Waals surface area contributed by atoms with Gasteiger partial charge in [-0.25, -0.2) is 0 Å². The second kappa shape index (κ2) is 8.87. The zero-order chi connectivity index (χ0) is 18.2. The van der Waals surface area contributed by atoms with E-state index in [-0.39, 0.29) is 5.56 Å². The predicted molar refractivity (Wildman–Crippen MR) is 103 cm³/mol. The Morgan fingerprint density at radius 3 is 2.46 bits per heavy atom. The number of hydrogen-bond donors (Lipinski definition) is 1. The van der Waals surface area contributed by atoms with E-state index in [1.54, 1.807) is 23.9 Å². The molecule has 134 valence electrons. The molecule has 0 amide bonds. The number of hydrogen-bond acceptors (Lipinski definition) is 4. The summed E-state index contributed by atoms with van der Waals surface area (Å²) in [6.45, 7) is 1.82. The molecule has 0 saturated carbocycles. The van der Waals surface area contributed by atoms with Gasteiger partial charge in [0, 0.05) is 37.3 Å². The lowest BCUT2D eigenvalue weighted by Gasteiger charge is -2.10. The van der Waals surface area contributed by atoms with Gasteiger partial charge in [-0.1, -0.05) is 30.3 Å². The van der Waals surface area contributed by atoms with E-state index in [0.29, 0.717) is 19.0 Å². The normalized spacial score (nSPS) is 10.5. The van der Waals surface area contributed by atoms with Crippen LogP contribution in [0.25, 0.3) is 5.69 Å². The van der Waals surface area contributed by atoms with Crippen LogP contribution in [-0.4, -0.2) is 24.8 Å². The highest BCUT2D eigenvalue weighted by Gasteiger charge is 2.03. The molecule has 1 N–H and O–H groups in total. The SMILES string of the molecule is COCCNc1ccc(-n2ccc(OCc3ccccc3)cc2=O)cc1. The highest BCUT2D eigenvalue weighted by molar-refractivity contribution is 5.49. The smallest absolute Gasteiger partial charge is 0.258 e. The van der Waals surface area contributed by atoms with Gasteiger partial charge < -0.3 is 14.8 Å². The Morgan fingerprint density at radius 2 is 1.77 bits per heavy atom. The standard InChI is InChI=1S/C21H22N2O3/c1-25-14-12-22-18-7-9-19(10-8-18)23-13-11-20(15-21(23)24)26-16-17-5-3-2-4-6-17/h2-11,13,15,22H,12,14,16H2,1H3. The molecule has 0 radical (unpaired) electrons.